The largest absolute Gasteiger partial charge is 0.454 e. The van der Waals surface area contributed by atoms with Crippen molar-refractivity contribution >= 4 is 33.7 Å². The molecular formula is C17H17BrN2O5. The second-order valence-electron chi connectivity index (χ2n) is 5.15. The normalized spacial score (nSPS) is 11.4. The van der Waals surface area contributed by atoms with Crippen LogP contribution >= 0.6 is 15.9 Å². The van der Waals surface area contributed by atoms with Crippen LogP contribution in [0.2, 0.25) is 0 Å². The molecule has 0 unspecified atom stereocenters. The number of halogens is 1. The Balaban J connectivity index is 1.69. The van der Waals surface area contributed by atoms with E-state index in [1.165, 1.54) is 6.07 Å². The Morgan fingerprint density at radius 3 is 2.52 bits per heavy atom. The fourth-order valence-corrected chi connectivity index (χ4v) is 2.29. The quantitative estimate of drug-likeness (QED) is 0.684. The predicted molar refractivity (Wildman–Crippen MR) is 92.7 cm³/mol. The number of furan rings is 1. The van der Waals surface area contributed by atoms with Crippen molar-refractivity contribution in [2.75, 3.05) is 13.2 Å². The summed E-state index contributed by atoms with van der Waals surface area (Å²) in [4.78, 5) is 35.1. The third-order valence-electron chi connectivity index (χ3n) is 3.23. The van der Waals surface area contributed by atoms with Crippen LogP contribution in [0.15, 0.2) is 51.6 Å². The van der Waals surface area contributed by atoms with E-state index >= 15 is 0 Å². The topological polar surface area (TPSA) is 97.6 Å². The maximum atomic E-state index is 11.8. The number of ether oxygens (including phenoxy) is 1. The average Bonchev–Trinajstić information content (AvgIpc) is 3.05. The number of amides is 2. The molecule has 0 saturated carbocycles. The monoisotopic (exact) mass is 408 g/mol. The number of hydrogen-bond acceptors (Lipinski definition) is 5. The second kappa shape index (κ2) is 9.03. The molecule has 2 rings (SSSR count). The molecule has 2 amide bonds. The molecule has 25 heavy (non-hydrogen) atoms. The van der Waals surface area contributed by atoms with Gasteiger partial charge < -0.3 is 19.8 Å². The first-order valence-electron chi connectivity index (χ1n) is 7.49. The highest BCUT2D eigenvalue weighted by Gasteiger charge is 2.14. The zero-order valence-corrected chi connectivity index (χ0v) is 15.0. The van der Waals surface area contributed by atoms with Gasteiger partial charge in [-0.25, -0.2) is 0 Å². The van der Waals surface area contributed by atoms with E-state index in [0.717, 1.165) is 5.56 Å². The Morgan fingerprint density at radius 1 is 1.16 bits per heavy atom. The number of benzene rings is 1. The first-order valence-corrected chi connectivity index (χ1v) is 8.28. The lowest BCUT2D eigenvalue weighted by molar-refractivity contribution is -0.147. The molecule has 0 saturated heterocycles. The summed E-state index contributed by atoms with van der Waals surface area (Å²) in [6, 6.07) is 12.2. The van der Waals surface area contributed by atoms with E-state index < -0.39 is 24.4 Å². The van der Waals surface area contributed by atoms with Gasteiger partial charge in [0, 0.05) is 0 Å². The maximum absolute atomic E-state index is 11.8. The molecule has 1 atom stereocenters. The van der Waals surface area contributed by atoms with E-state index in [-0.39, 0.29) is 18.3 Å². The zero-order chi connectivity index (χ0) is 18.2. The Hall–Kier alpha value is -2.61. The highest BCUT2D eigenvalue weighted by atomic mass is 79.9. The minimum atomic E-state index is -0.721. The first-order chi connectivity index (χ1) is 12.0. The van der Waals surface area contributed by atoms with E-state index in [1.54, 1.807) is 6.07 Å². The lowest BCUT2D eigenvalue weighted by atomic mass is 10.1. The van der Waals surface area contributed by atoms with Gasteiger partial charge in [-0.05, 0) is 40.5 Å². The van der Waals surface area contributed by atoms with Gasteiger partial charge in [0.2, 0.25) is 0 Å². The van der Waals surface area contributed by atoms with Crippen LogP contribution in [0.1, 0.15) is 29.1 Å². The van der Waals surface area contributed by atoms with Crippen molar-refractivity contribution in [2.24, 2.45) is 0 Å². The highest BCUT2D eigenvalue weighted by Crippen LogP contribution is 2.13. The standard InChI is InChI=1S/C17H17BrN2O5/c1-11(12-5-3-2-4-6-12)20-15(21)10-24-16(22)9-19-17(23)13-7-8-14(18)25-13/h2-8,11H,9-10H2,1H3,(H,19,23)(H,20,21)/t11-/m1/s1. The molecule has 0 bridgehead atoms. The molecule has 2 aromatic rings. The van der Waals surface area contributed by atoms with Crippen LogP contribution in [-0.2, 0) is 14.3 Å². The summed E-state index contributed by atoms with van der Waals surface area (Å²) in [6.07, 6.45) is 0. The molecule has 0 fully saturated rings. The van der Waals surface area contributed by atoms with E-state index in [0.29, 0.717) is 4.67 Å². The molecule has 0 aliphatic carbocycles. The lowest BCUT2D eigenvalue weighted by Crippen LogP contribution is -2.34. The molecule has 7 nitrogen and oxygen atoms in total. The Labute approximate surface area is 152 Å². The summed E-state index contributed by atoms with van der Waals surface area (Å²) in [7, 11) is 0. The van der Waals surface area contributed by atoms with Crippen molar-refractivity contribution in [1.29, 1.82) is 0 Å². The number of carbonyl (C=O) groups excluding carboxylic acids is 3. The van der Waals surface area contributed by atoms with E-state index in [2.05, 4.69) is 26.6 Å². The Morgan fingerprint density at radius 2 is 1.88 bits per heavy atom. The van der Waals surface area contributed by atoms with Gasteiger partial charge in [0.25, 0.3) is 11.8 Å². The van der Waals surface area contributed by atoms with Crippen LogP contribution in [0.4, 0.5) is 0 Å². The molecule has 0 aliphatic rings. The van der Waals surface area contributed by atoms with Crippen molar-refractivity contribution in [3.05, 3.63) is 58.5 Å². The minimum absolute atomic E-state index is 0.0640. The third kappa shape index (κ3) is 6.07. The fourth-order valence-electron chi connectivity index (χ4n) is 1.98. The molecule has 8 heteroatoms. The van der Waals surface area contributed by atoms with Gasteiger partial charge >= 0.3 is 5.97 Å². The van der Waals surface area contributed by atoms with Crippen LogP contribution in [0.25, 0.3) is 0 Å². The second-order valence-corrected chi connectivity index (χ2v) is 5.93. The number of hydrogen-bond donors (Lipinski definition) is 2. The first kappa shape index (κ1) is 18.7. The maximum Gasteiger partial charge on any atom is 0.325 e. The van der Waals surface area contributed by atoms with Crippen LogP contribution in [-0.4, -0.2) is 30.9 Å². The molecule has 0 spiro atoms. The van der Waals surface area contributed by atoms with Gasteiger partial charge in [-0.15, -0.1) is 0 Å². The van der Waals surface area contributed by atoms with Crippen LogP contribution in [0.3, 0.4) is 0 Å². The Bertz CT molecular complexity index is 745. The third-order valence-corrected chi connectivity index (χ3v) is 3.66. The molecular weight excluding hydrogens is 392 g/mol. The Kier molecular flexibility index (Phi) is 6.76. The molecule has 132 valence electrons. The van der Waals surface area contributed by atoms with Gasteiger partial charge in [0.05, 0.1) is 6.04 Å². The summed E-state index contributed by atoms with van der Waals surface area (Å²) >= 11 is 3.07. The summed E-state index contributed by atoms with van der Waals surface area (Å²) in [5.74, 6) is -1.63. The van der Waals surface area contributed by atoms with Crippen molar-refractivity contribution in [3.63, 3.8) is 0 Å². The summed E-state index contributed by atoms with van der Waals surface area (Å²) in [5, 5.41) is 5.06. The predicted octanol–water partition coefficient (Wildman–Crippen LogP) is 2.19. The lowest BCUT2D eigenvalue weighted by Gasteiger charge is -2.14. The van der Waals surface area contributed by atoms with E-state index in [4.69, 9.17) is 9.15 Å². The van der Waals surface area contributed by atoms with Crippen molar-refractivity contribution in [2.45, 2.75) is 13.0 Å². The van der Waals surface area contributed by atoms with E-state index in [9.17, 15) is 14.4 Å². The molecule has 0 radical (unpaired) electrons. The van der Waals surface area contributed by atoms with Gasteiger partial charge in [-0.1, -0.05) is 30.3 Å². The summed E-state index contributed by atoms with van der Waals surface area (Å²) in [6.45, 7) is 1.05. The highest BCUT2D eigenvalue weighted by molar-refractivity contribution is 9.10. The number of rotatable bonds is 7. The minimum Gasteiger partial charge on any atom is -0.454 e. The number of nitrogens with one attached hydrogen (secondary N) is 2. The molecule has 1 aromatic carbocycles. The van der Waals surface area contributed by atoms with Gasteiger partial charge in [0.1, 0.15) is 6.54 Å². The number of carbonyl (C=O) groups is 3. The SMILES string of the molecule is C[C@@H](NC(=O)COC(=O)CNC(=O)c1ccc(Br)o1)c1ccccc1. The summed E-state index contributed by atoms with van der Waals surface area (Å²) < 4.78 is 10.3. The number of esters is 1. The van der Waals surface area contributed by atoms with Crippen molar-refractivity contribution < 1.29 is 23.5 Å². The molecule has 1 aromatic heterocycles. The fraction of sp³-hybridized carbons (Fsp3) is 0.235. The van der Waals surface area contributed by atoms with E-state index in [1.807, 2.05) is 37.3 Å². The zero-order valence-electron chi connectivity index (χ0n) is 13.5. The van der Waals surface area contributed by atoms with Gasteiger partial charge in [-0.2, -0.15) is 0 Å². The molecule has 1 heterocycles. The summed E-state index contributed by atoms with van der Waals surface area (Å²) in [5.41, 5.74) is 0.944. The van der Waals surface area contributed by atoms with Crippen LogP contribution in [0, 0.1) is 0 Å². The average molecular weight is 409 g/mol. The molecule has 2 N–H and O–H groups in total. The smallest absolute Gasteiger partial charge is 0.325 e. The van der Waals surface area contributed by atoms with Gasteiger partial charge in [0.15, 0.2) is 17.0 Å². The van der Waals surface area contributed by atoms with Crippen LogP contribution < -0.4 is 10.6 Å². The van der Waals surface area contributed by atoms with Crippen molar-refractivity contribution in [1.82, 2.24) is 10.6 Å². The molecule has 0 aliphatic heterocycles. The van der Waals surface area contributed by atoms with Crippen molar-refractivity contribution in [3.8, 4) is 0 Å². The van der Waals surface area contributed by atoms with Gasteiger partial charge in [-0.3, -0.25) is 14.4 Å². The van der Waals surface area contributed by atoms with Crippen LogP contribution in [0.5, 0.6) is 0 Å².